The van der Waals surface area contributed by atoms with E-state index >= 15 is 0 Å². The molecule has 6 nitrogen and oxygen atoms in total. The van der Waals surface area contributed by atoms with Crippen molar-refractivity contribution >= 4 is 34.1 Å². The van der Waals surface area contributed by atoms with Gasteiger partial charge in [-0.3, -0.25) is 14.5 Å². The molecule has 2 aliphatic heterocycles. The van der Waals surface area contributed by atoms with Crippen molar-refractivity contribution in [2.75, 3.05) is 33.3 Å². The fourth-order valence-electron chi connectivity index (χ4n) is 6.85. The molecule has 0 saturated carbocycles. The van der Waals surface area contributed by atoms with Crippen LogP contribution in [0.25, 0.3) is 33.2 Å². The highest BCUT2D eigenvalue weighted by Crippen LogP contribution is 2.39. The van der Waals surface area contributed by atoms with E-state index in [9.17, 15) is 5.11 Å². The minimum Gasteiger partial charge on any atom is -0.496 e. The first-order chi connectivity index (χ1) is 22.0. The van der Waals surface area contributed by atoms with Gasteiger partial charge in [-0.15, -0.1) is 0 Å². The number of methoxy groups -OCH3 is 1. The minimum absolute atomic E-state index is 0.267. The molecule has 45 heavy (non-hydrogen) atoms. The molecule has 0 spiro atoms. The largest absolute Gasteiger partial charge is 0.496 e. The minimum atomic E-state index is -0.267. The summed E-state index contributed by atoms with van der Waals surface area (Å²) in [6.07, 6.45) is 5.04. The van der Waals surface area contributed by atoms with Crippen LogP contribution in [0.2, 0.25) is 10.0 Å². The fraction of sp³-hybridized carbons (Fsp3) is 0.324. The van der Waals surface area contributed by atoms with Crippen LogP contribution in [-0.2, 0) is 19.6 Å². The van der Waals surface area contributed by atoms with E-state index in [4.69, 9.17) is 33.0 Å². The number of rotatable bonds is 9. The quantitative estimate of drug-likeness (QED) is 0.177. The van der Waals surface area contributed by atoms with Crippen LogP contribution in [-0.4, -0.2) is 64.1 Å². The number of aliphatic hydroxyl groups excluding tert-OH is 1. The molecule has 5 aromatic rings. The molecule has 0 unspecified atom stereocenters. The summed E-state index contributed by atoms with van der Waals surface area (Å²) >= 11 is 14.0. The van der Waals surface area contributed by atoms with Gasteiger partial charge in [-0.1, -0.05) is 77.8 Å². The first kappa shape index (κ1) is 30.3. The maximum atomic E-state index is 9.94. The van der Waals surface area contributed by atoms with Crippen molar-refractivity contribution < 1.29 is 9.84 Å². The van der Waals surface area contributed by atoms with Gasteiger partial charge in [0.05, 0.1) is 36.5 Å². The van der Waals surface area contributed by atoms with Crippen molar-refractivity contribution in [3.8, 4) is 28.0 Å². The fourth-order valence-corrected chi connectivity index (χ4v) is 7.43. The number of likely N-dealkylation sites (tertiary alicyclic amines) is 2. The molecule has 7 rings (SSSR count). The third-order valence-electron chi connectivity index (χ3n) is 9.26. The number of fused-ring (bicyclic) bond motifs is 1. The summed E-state index contributed by atoms with van der Waals surface area (Å²) in [5, 5.41) is 17.2. The predicted molar refractivity (Wildman–Crippen MR) is 183 cm³/mol. The number of nitrogens with zero attached hydrogens (tertiary/aromatic N) is 4. The molecule has 2 aliphatic rings. The summed E-state index contributed by atoms with van der Waals surface area (Å²) in [7, 11) is 1.69. The van der Waals surface area contributed by atoms with Crippen LogP contribution in [0.4, 0.5) is 0 Å². The Kier molecular flexibility index (Phi) is 8.85. The second-order valence-corrected chi connectivity index (χ2v) is 13.1. The lowest BCUT2D eigenvalue weighted by molar-refractivity contribution is 0.174. The predicted octanol–water partition coefficient (Wildman–Crippen LogP) is 7.90. The van der Waals surface area contributed by atoms with Crippen molar-refractivity contribution in [3.63, 3.8) is 0 Å². The Morgan fingerprint density at radius 2 is 1.58 bits per heavy atom. The molecular formula is C37H38Cl2N4O2. The Balaban J connectivity index is 1.15. The third-order valence-corrected chi connectivity index (χ3v) is 10.0. The number of aliphatic hydroxyl groups is 1. The molecule has 1 N–H and O–H groups in total. The van der Waals surface area contributed by atoms with Crippen molar-refractivity contribution in [1.29, 1.82) is 0 Å². The van der Waals surface area contributed by atoms with Crippen LogP contribution in [0.3, 0.4) is 0 Å². The summed E-state index contributed by atoms with van der Waals surface area (Å²) in [5.41, 5.74) is 8.46. The topological polar surface area (TPSA) is 53.8 Å². The van der Waals surface area contributed by atoms with Gasteiger partial charge in [0, 0.05) is 53.3 Å². The normalized spacial score (nSPS) is 17.5. The Hall–Kier alpha value is -3.39. The number of hydrogen-bond acceptors (Lipinski definition) is 5. The second-order valence-electron chi connectivity index (χ2n) is 12.3. The molecule has 4 aromatic carbocycles. The van der Waals surface area contributed by atoms with Gasteiger partial charge >= 0.3 is 0 Å². The van der Waals surface area contributed by atoms with E-state index in [1.165, 1.54) is 31.5 Å². The van der Waals surface area contributed by atoms with Gasteiger partial charge < -0.3 is 9.84 Å². The Bertz CT molecular complexity index is 1810. The molecule has 0 aliphatic carbocycles. The molecule has 3 heterocycles. The van der Waals surface area contributed by atoms with Gasteiger partial charge in [-0.25, -0.2) is 0 Å². The van der Waals surface area contributed by atoms with Gasteiger partial charge in [0.25, 0.3) is 0 Å². The highest BCUT2D eigenvalue weighted by molar-refractivity contribution is 6.36. The van der Waals surface area contributed by atoms with Crippen LogP contribution in [0, 0.1) is 0 Å². The molecule has 1 aromatic heterocycles. The lowest BCUT2D eigenvalue weighted by atomic mass is 9.96. The summed E-state index contributed by atoms with van der Waals surface area (Å²) in [6, 6.07) is 25.3. The maximum absolute atomic E-state index is 9.94. The van der Waals surface area contributed by atoms with Crippen molar-refractivity contribution in [1.82, 2.24) is 19.6 Å². The number of aromatic nitrogens is 2. The van der Waals surface area contributed by atoms with Crippen molar-refractivity contribution in [3.05, 3.63) is 106 Å². The average Bonchev–Trinajstić information content (AvgIpc) is 3.81. The van der Waals surface area contributed by atoms with E-state index in [2.05, 4.69) is 70.5 Å². The van der Waals surface area contributed by atoms with Crippen LogP contribution in [0.5, 0.6) is 5.75 Å². The molecule has 0 bridgehead atoms. The molecule has 8 heteroatoms. The van der Waals surface area contributed by atoms with Crippen LogP contribution >= 0.6 is 23.2 Å². The maximum Gasteiger partial charge on any atom is 0.123 e. The van der Waals surface area contributed by atoms with E-state index in [-0.39, 0.29) is 6.10 Å². The number of β-amino-alcohol motifs (C(OH)–C–C–N with tert-alkyl or cyclic N) is 1. The van der Waals surface area contributed by atoms with E-state index in [0.717, 1.165) is 74.6 Å². The van der Waals surface area contributed by atoms with Gasteiger partial charge in [0.15, 0.2) is 0 Å². The third kappa shape index (κ3) is 6.35. The van der Waals surface area contributed by atoms with E-state index < -0.39 is 0 Å². The summed E-state index contributed by atoms with van der Waals surface area (Å²) in [6.45, 7) is 6.11. The molecule has 0 amide bonds. The lowest BCUT2D eigenvalue weighted by Gasteiger charge is -2.19. The SMILES string of the molecule is COc1cc(Cn2ncc3c(-c4cccc(-c5ccc(CN6CCCC6)cc5)c4Cl)cccc32)c(Cl)cc1CN1CC[C@@H](O)C1. The summed E-state index contributed by atoms with van der Waals surface area (Å²) in [5.74, 6) is 0.792. The van der Waals surface area contributed by atoms with E-state index in [1.807, 2.05) is 23.0 Å². The molecule has 1 atom stereocenters. The average molecular weight is 642 g/mol. The monoisotopic (exact) mass is 640 g/mol. The van der Waals surface area contributed by atoms with Crippen LogP contribution < -0.4 is 4.74 Å². The van der Waals surface area contributed by atoms with Gasteiger partial charge in [0.2, 0.25) is 0 Å². The Morgan fingerprint density at radius 3 is 2.33 bits per heavy atom. The number of halogens is 2. The number of hydrogen-bond donors (Lipinski definition) is 1. The van der Waals surface area contributed by atoms with Crippen molar-refractivity contribution in [2.45, 2.75) is 45.0 Å². The molecule has 0 radical (unpaired) electrons. The first-order valence-corrected chi connectivity index (χ1v) is 16.5. The molecule has 2 saturated heterocycles. The highest BCUT2D eigenvalue weighted by Gasteiger charge is 2.22. The molecule has 232 valence electrons. The van der Waals surface area contributed by atoms with Crippen LogP contribution in [0.15, 0.2) is 79.0 Å². The summed E-state index contributed by atoms with van der Waals surface area (Å²) < 4.78 is 7.74. The lowest BCUT2D eigenvalue weighted by Crippen LogP contribution is -2.22. The van der Waals surface area contributed by atoms with Crippen LogP contribution in [0.1, 0.15) is 36.0 Å². The first-order valence-electron chi connectivity index (χ1n) is 15.8. The standard InChI is InChI=1S/C37H38Cl2N4O2/c1-45-36-19-27(34(38)18-28(36)22-42-17-14-29(44)24-42)23-43-35-9-5-7-31(33(35)20-40-43)32-8-4-6-30(37(32)39)26-12-10-25(11-13-26)21-41-15-2-3-16-41/h4-13,18-20,29,44H,2-3,14-17,21-24H2,1H3/t29-/m1/s1. The molecular weight excluding hydrogens is 603 g/mol. The summed E-state index contributed by atoms with van der Waals surface area (Å²) in [4.78, 5) is 4.75. The van der Waals surface area contributed by atoms with Crippen molar-refractivity contribution in [2.24, 2.45) is 0 Å². The zero-order valence-corrected chi connectivity index (χ0v) is 27.1. The second kappa shape index (κ2) is 13.1. The Morgan fingerprint density at radius 1 is 0.822 bits per heavy atom. The zero-order chi connectivity index (χ0) is 30.9. The number of ether oxygens (including phenoxy) is 1. The molecule has 2 fully saturated rings. The van der Waals surface area contributed by atoms with Gasteiger partial charge in [-0.2, -0.15) is 5.10 Å². The van der Waals surface area contributed by atoms with E-state index in [0.29, 0.717) is 24.7 Å². The smallest absolute Gasteiger partial charge is 0.123 e. The van der Waals surface area contributed by atoms with Gasteiger partial charge in [0.1, 0.15) is 5.75 Å². The zero-order valence-electron chi connectivity index (χ0n) is 25.6. The number of benzene rings is 4. The van der Waals surface area contributed by atoms with Gasteiger partial charge in [-0.05, 0) is 72.8 Å². The highest BCUT2D eigenvalue weighted by atomic mass is 35.5. The van der Waals surface area contributed by atoms with E-state index in [1.54, 1.807) is 7.11 Å². The Labute approximate surface area is 274 Å².